The van der Waals surface area contributed by atoms with Crippen LogP contribution in [0.2, 0.25) is 0 Å². The van der Waals surface area contributed by atoms with Gasteiger partial charge < -0.3 is 10.2 Å². The Hall–Kier alpha value is -1.19. The fraction of sp³-hybridized carbons (Fsp3) is 0.611. The molecule has 0 bridgehead atoms. The van der Waals surface area contributed by atoms with Crippen LogP contribution >= 0.6 is 0 Å². The summed E-state index contributed by atoms with van der Waals surface area (Å²) in [6.07, 6.45) is 1.31. The van der Waals surface area contributed by atoms with Gasteiger partial charge in [-0.3, -0.25) is 4.99 Å². The van der Waals surface area contributed by atoms with E-state index in [1.54, 1.807) is 0 Å². The van der Waals surface area contributed by atoms with Crippen LogP contribution in [-0.2, 0) is 6.42 Å². The Morgan fingerprint density at radius 3 is 2.38 bits per heavy atom. The molecule has 0 amide bonds. The van der Waals surface area contributed by atoms with Crippen LogP contribution in [0.3, 0.4) is 0 Å². The van der Waals surface area contributed by atoms with Gasteiger partial charge in [-0.25, -0.2) is 0 Å². The van der Waals surface area contributed by atoms with E-state index in [4.69, 9.17) is 4.99 Å². The Morgan fingerprint density at radius 2 is 1.71 bits per heavy atom. The number of benzene rings is 1. The van der Waals surface area contributed by atoms with Gasteiger partial charge in [-0.2, -0.15) is 0 Å². The molecule has 0 spiro atoms. The zero-order valence-electron chi connectivity index (χ0n) is 13.1. The van der Waals surface area contributed by atoms with Crippen LogP contribution in [0.5, 0.6) is 0 Å². The third kappa shape index (κ3) is 2.77. The highest BCUT2D eigenvalue weighted by Crippen LogP contribution is 2.41. The summed E-state index contributed by atoms with van der Waals surface area (Å²) in [7, 11) is 0. The number of hydrogen-bond acceptors (Lipinski definition) is 3. The Bertz CT molecular complexity index is 550. The lowest BCUT2D eigenvalue weighted by Crippen LogP contribution is -2.48. The van der Waals surface area contributed by atoms with Crippen LogP contribution in [0.15, 0.2) is 29.3 Å². The highest BCUT2D eigenvalue weighted by Gasteiger charge is 2.43. The number of aliphatic hydroxyl groups excluding tert-OH is 2. The SMILES string of the molecule is CC1Cc2ccccc2C(C2C(O)CC(C)(C)CC2O)=N1. The van der Waals surface area contributed by atoms with Crippen molar-refractivity contribution in [3.8, 4) is 0 Å². The lowest BCUT2D eigenvalue weighted by atomic mass is 9.67. The highest BCUT2D eigenvalue weighted by atomic mass is 16.3. The zero-order valence-corrected chi connectivity index (χ0v) is 13.1. The fourth-order valence-electron chi connectivity index (χ4n) is 3.98. The molecule has 1 aliphatic heterocycles. The van der Waals surface area contributed by atoms with E-state index < -0.39 is 12.2 Å². The van der Waals surface area contributed by atoms with E-state index in [1.165, 1.54) is 5.56 Å². The quantitative estimate of drug-likeness (QED) is 0.834. The van der Waals surface area contributed by atoms with Gasteiger partial charge in [-0.05, 0) is 42.7 Å². The van der Waals surface area contributed by atoms with Crippen molar-refractivity contribution in [3.05, 3.63) is 35.4 Å². The van der Waals surface area contributed by atoms with E-state index in [0.29, 0.717) is 12.8 Å². The molecule has 0 saturated heterocycles. The first kappa shape index (κ1) is 14.7. The summed E-state index contributed by atoms with van der Waals surface area (Å²) in [6.45, 7) is 6.31. The Balaban J connectivity index is 1.99. The van der Waals surface area contributed by atoms with E-state index in [-0.39, 0.29) is 17.4 Å². The van der Waals surface area contributed by atoms with E-state index >= 15 is 0 Å². The van der Waals surface area contributed by atoms with Gasteiger partial charge in [0.05, 0.1) is 29.9 Å². The van der Waals surface area contributed by atoms with Crippen molar-refractivity contribution in [2.24, 2.45) is 16.3 Å². The average Bonchev–Trinajstić information content (AvgIpc) is 2.36. The van der Waals surface area contributed by atoms with E-state index in [0.717, 1.165) is 17.7 Å². The number of nitrogens with zero attached hydrogens (tertiary/aromatic N) is 1. The van der Waals surface area contributed by atoms with Gasteiger partial charge in [-0.15, -0.1) is 0 Å². The van der Waals surface area contributed by atoms with Crippen molar-refractivity contribution >= 4 is 5.71 Å². The summed E-state index contributed by atoms with van der Waals surface area (Å²) < 4.78 is 0. The largest absolute Gasteiger partial charge is 0.392 e. The normalized spacial score (nSPS) is 35.0. The molecular formula is C18H25NO2. The summed E-state index contributed by atoms with van der Waals surface area (Å²) in [5.41, 5.74) is 3.27. The van der Waals surface area contributed by atoms with Gasteiger partial charge in [0.1, 0.15) is 0 Å². The summed E-state index contributed by atoms with van der Waals surface area (Å²) in [4.78, 5) is 4.79. The molecule has 3 atom stereocenters. The van der Waals surface area contributed by atoms with Crippen molar-refractivity contribution in [2.45, 2.75) is 58.3 Å². The van der Waals surface area contributed by atoms with Crippen molar-refractivity contribution in [1.29, 1.82) is 0 Å². The van der Waals surface area contributed by atoms with Crippen molar-refractivity contribution in [1.82, 2.24) is 0 Å². The van der Waals surface area contributed by atoms with Crippen LogP contribution in [0.4, 0.5) is 0 Å². The molecule has 114 valence electrons. The van der Waals surface area contributed by atoms with Gasteiger partial charge >= 0.3 is 0 Å². The second-order valence-electron chi connectivity index (χ2n) is 7.46. The van der Waals surface area contributed by atoms with Gasteiger partial charge in [0.2, 0.25) is 0 Å². The molecule has 21 heavy (non-hydrogen) atoms. The molecule has 1 aromatic rings. The number of rotatable bonds is 1. The van der Waals surface area contributed by atoms with Crippen LogP contribution in [0, 0.1) is 11.3 Å². The summed E-state index contributed by atoms with van der Waals surface area (Å²) >= 11 is 0. The highest BCUT2D eigenvalue weighted by molar-refractivity contribution is 6.05. The molecule has 2 N–H and O–H groups in total. The first-order valence-electron chi connectivity index (χ1n) is 7.89. The van der Waals surface area contributed by atoms with Crippen molar-refractivity contribution < 1.29 is 10.2 Å². The average molecular weight is 287 g/mol. The molecule has 2 aliphatic rings. The smallest absolute Gasteiger partial charge is 0.0654 e. The molecule has 0 aromatic heterocycles. The topological polar surface area (TPSA) is 52.8 Å². The van der Waals surface area contributed by atoms with Gasteiger partial charge in [-0.1, -0.05) is 38.1 Å². The number of hydrogen-bond donors (Lipinski definition) is 2. The third-order valence-electron chi connectivity index (χ3n) is 4.84. The third-order valence-corrected chi connectivity index (χ3v) is 4.84. The first-order chi connectivity index (χ1) is 9.87. The maximum Gasteiger partial charge on any atom is 0.0654 e. The predicted molar refractivity (Wildman–Crippen MR) is 84.7 cm³/mol. The van der Waals surface area contributed by atoms with Gasteiger partial charge in [0, 0.05) is 0 Å². The Labute approximate surface area is 126 Å². The summed E-state index contributed by atoms with van der Waals surface area (Å²) in [6, 6.07) is 8.47. The minimum atomic E-state index is -0.527. The van der Waals surface area contributed by atoms with Gasteiger partial charge in [0.15, 0.2) is 0 Å². The minimum Gasteiger partial charge on any atom is -0.392 e. The van der Waals surface area contributed by atoms with Crippen LogP contribution < -0.4 is 0 Å². The monoisotopic (exact) mass is 287 g/mol. The number of aliphatic imine (C=N–C) groups is 1. The molecule has 0 radical (unpaired) electrons. The predicted octanol–water partition coefficient (Wildman–Crippen LogP) is 2.58. The standard InChI is InChI=1S/C18H25NO2/c1-11-8-12-6-4-5-7-13(12)17(19-11)16-14(20)9-18(2,3)10-15(16)21/h4-7,11,14-16,20-21H,8-10H2,1-3H3. The molecule has 1 aliphatic carbocycles. The van der Waals surface area contributed by atoms with Crippen LogP contribution in [-0.4, -0.2) is 34.2 Å². The summed E-state index contributed by atoms with van der Waals surface area (Å²) in [5, 5.41) is 21.2. The second kappa shape index (κ2) is 5.22. The second-order valence-corrected chi connectivity index (χ2v) is 7.46. The molecule has 3 unspecified atom stereocenters. The van der Waals surface area contributed by atoms with Crippen molar-refractivity contribution in [2.75, 3.05) is 0 Å². The fourth-order valence-corrected chi connectivity index (χ4v) is 3.98. The lowest BCUT2D eigenvalue weighted by molar-refractivity contribution is -0.0417. The maximum absolute atomic E-state index is 10.6. The number of fused-ring (bicyclic) bond motifs is 1. The molecule has 3 rings (SSSR count). The van der Waals surface area contributed by atoms with Gasteiger partial charge in [0.25, 0.3) is 0 Å². The zero-order chi connectivity index (χ0) is 15.2. The van der Waals surface area contributed by atoms with E-state index in [1.807, 2.05) is 12.1 Å². The Morgan fingerprint density at radius 1 is 1.10 bits per heavy atom. The minimum absolute atomic E-state index is 0.0182. The lowest BCUT2D eigenvalue weighted by Gasteiger charge is -2.43. The van der Waals surface area contributed by atoms with Crippen LogP contribution in [0.25, 0.3) is 0 Å². The van der Waals surface area contributed by atoms with Crippen LogP contribution in [0.1, 0.15) is 44.7 Å². The molecule has 1 heterocycles. The molecule has 1 aromatic carbocycles. The number of aliphatic hydroxyl groups is 2. The van der Waals surface area contributed by atoms with Crippen molar-refractivity contribution in [3.63, 3.8) is 0 Å². The molecule has 3 nitrogen and oxygen atoms in total. The molecule has 1 fully saturated rings. The Kier molecular flexibility index (Phi) is 3.66. The molecule has 3 heteroatoms. The molecular weight excluding hydrogens is 262 g/mol. The first-order valence-corrected chi connectivity index (χ1v) is 7.89. The maximum atomic E-state index is 10.6. The van der Waals surface area contributed by atoms with E-state index in [9.17, 15) is 10.2 Å². The van der Waals surface area contributed by atoms with E-state index in [2.05, 4.69) is 32.9 Å². The summed E-state index contributed by atoms with van der Waals surface area (Å²) in [5.74, 6) is -0.262. The molecule has 1 saturated carbocycles.